The minimum Gasteiger partial charge on any atom is -0.313 e. The molecule has 1 saturated carbocycles. The van der Waals surface area contributed by atoms with Gasteiger partial charge >= 0.3 is 0 Å². The van der Waals surface area contributed by atoms with Crippen LogP contribution in [0.3, 0.4) is 0 Å². The van der Waals surface area contributed by atoms with Crippen molar-refractivity contribution >= 4 is 11.3 Å². The van der Waals surface area contributed by atoms with E-state index in [1.807, 2.05) is 0 Å². The standard InChI is InChI=1S/C18H23NS/c1-14-4-2-3-5-18(14)16(12-19-17-8-9-17)7-6-15-10-11-20-13-15/h2-5,10-11,13,16-17,19H,6-9,12H2,1H3. The number of benzene rings is 1. The van der Waals surface area contributed by atoms with Crippen LogP contribution in [0.15, 0.2) is 41.1 Å². The maximum atomic E-state index is 3.72. The Morgan fingerprint density at radius 2 is 2.10 bits per heavy atom. The van der Waals surface area contributed by atoms with Crippen LogP contribution in [0.25, 0.3) is 0 Å². The monoisotopic (exact) mass is 285 g/mol. The SMILES string of the molecule is Cc1ccccc1C(CCc1ccsc1)CNC1CC1. The van der Waals surface area contributed by atoms with E-state index in [0.29, 0.717) is 5.92 Å². The van der Waals surface area contributed by atoms with Crippen LogP contribution in [0.2, 0.25) is 0 Å². The summed E-state index contributed by atoms with van der Waals surface area (Å²) in [6, 6.07) is 11.9. The molecule has 1 unspecified atom stereocenters. The van der Waals surface area contributed by atoms with Crippen LogP contribution >= 0.6 is 11.3 Å². The fourth-order valence-electron chi connectivity index (χ4n) is 2.78. The van der Waals surface area contributed by atoms with Crippen molar-refractivity contribution in [2.24, 2.45) is 0 Å². The second-order valence-electron chi connectivity index (χ2n) is 5.91. The number of thiophene rings is 1. The maximum absolute atomic E-state index is 3.72. The zero-order valence-corrected chi connectivity index (χ0v) is 13.0. The van der Waals surface area contributed by atoms with Crippen molar-refractivity contribution in [3.63, 3.8) is 0 Å². The molecule has 1 fully saturated rings. The number of hydrogen-bond acceptors (Lipinski definition) is 2. The summed E-state index contributed by atoms with van der Waals surface area (Å²) in [7, 11) is 0. The summed E-state index contributed by atoms with van der Waals surface area (Å²) in [4.78, 5) is 0. The molecule has 1 nitrogen and oxygen atoms in total. The first kappa shape index (κ1) is 13.8. The molecule has 1 aromatic heterocycles. The van der Waals surface area contributed by atoms with Gasteiger partial charge in [0, 0.05) is 12.6 Å². The molecule has 0 amide bonds. The predicted octanol–water partition coefficient (Wildman–Crippen LogP) is 4.52. The van der Waals surface area contributed by atoms with Gasteiger partial charge in [-0.05, 0) is 72.0 Å². The van der Waals surface area contributed by atoms with Crippen LogP contribution in [0.5, 0.6) is 0 Å². The summed E-state index contributed by atoms with van der Waals surface area (Å²) in [6.07, 6.45) is 5.16. The van der Waals surface area contributed by atoms with Crippen molar-refractivity contribution in [2.75, 3.05) is 6.54 Å². The van der Waals surface area contributed by atoms with Crippen molar-refractivity contribution in [2.45, 2.75) is 44.6 Å². The van der Waals surface area contributed by atoms with Crippen LogP contribution in [0.4, 0.5) is 0 Å². The minimum atomic E-state index is 0.636. The van der Waals surface area contributed by atoms with E-state index in [-0.39, 0.29) is 0 Å². The van der Waals surface area contributed by atoms with Gasteiger partial charge in [-0.2, -0.15) is 11.3 Å². The van der Waals surface area contributed by atoms with Gasteiger partial charge in [0.15, 0.2) is 0 Å². The van der Waals surface area contributed by atoms with Gasteiger partial charge in [-0.3, -0.25) is 0 Å². The molecule has 2 aromatic rings. The number of rotatable bonds is 7. The summed E-state index contributed by atoms with van der Waals surface area (Å²) in [6.45, 7) is 3.36. The van der Waals surface area contributed by atoms with E-state index in [4.69, 9.17) is 0 Å². The zero-order valence-electron chi connectivity index (χ0n) is 12.1. The lowest BCUT2D eigenvalue weighted by Gasteiger charge is -2.20. The lowest BCUT2D eigenvalue weighted by molar-refractivity contribution is 0.546. The smallest absolute Gasteiger partial charge is 0.00684 e. The molecule has 20 heavy (non-hydrogen) atoms. The molecule has 1 aliphatic rings. The van der Waals surface area contributed by atoms with E-state index >= 15 is 0 Å². The topological polar surface area (TPSA) is 12.0 Å². The van der Waals surface area contributed by atoms with E-state index in [9.17, 15) is 0 Å². The quantitative estimate of drug-likeness (QED) is 0.788. The lowest BCUT2D eigenvalue weighted by atomic mass is 9.90. The maximum Gasteiger partial charge on any atom is 0.00684 e. The Labute approximate surface area is 126 Å². The second kappa shape index (κ2) is 6.55. The van der Waals surface area contributed by atoms with E-state index < -0.39 is 0 Å². The van der Waals surface area contributed by atoms with Crippen molar-refractivity contribution in [1.29, 1.82) is 0 Å². The van der Waals surface area contributed by atoms with E-state index in [2.05, 4.69) is 53.3 Å². The molecule has 2 heteroatoms. The molecule has 0 bridgehead atoms. The molecule has 0 saturated heterocycles. The summed E-state index contributed by atoms with van der Waals surface area (Å²) < 4.78 is 0. The van der Waals surface area contributed by atoms with Gasteiger partial charge in [-0.1, -0.05) is 24.3 Å². The Balaban J connectivity index is 1.67. The largest absolute Gasteiger partial charge is 0.313 e. The number of nitrogens with one attached hydrogen (secondary N) is 1. The molecular weight excluding hydrogens is 262 g/mol. The fourth-order valence-corrected chi connectivity index (χ4v) is 3.49. The van der Waals surface area contributed by atoms with Gasteiger partial charge in [0.25, 0.3) is 0 Å². The Morgan fingerprint density at radius 1 is 1.25 bits per heavy atom. The van der Waals surface area contributed by atoms with E-state index in [1.165, 1.54) is 42.4 Å². The molecule has 1 aliphatic carbocycles. The number of hydrogen-bond donors (Lipinski definition) is 1. The Kier molecular flexibility index (Phi) is 4.54. The highest BCUT2D eigenvalue weighted by Crippen LogP contribution is 2.27. The van der Waals surface area contributed by atoms with Crippen molar-refractivity contribution < 1.29 is 0 Å². The average Bonchev–Trinajstić information content (AvgIpc) is 3.14. The highest BCUT2D eigenvalue weighted by Gasteiger charge is 2.22. The minimum absolute atomic E-state index is 0.636. The molecule has 1 N–H and O–H groups in total. The average molecular weight is 285 g/mol. The molecule has 1 aromatic carbocycles. The molecule has 1 heterocycles. The van der Waals surface area contributed by atoms with Crippen molar-refractivity contribution in [3.05, 3.63) is 57.8 Å². The Bertz CT molecular complexity index is 528. The van der Waals surface area contributed by atoms with E-state index in [1.54, 1.807) is 11.3 Å². The van der Waals surface area contributed by atoms with Gasteiger partial charge in [0.2, 0.25) is 0 Å². The first-order chi connectivity index (χ1) is 9.83. The van der Waals surface area contributed by atoms with Gasteiger partial charge in [0.1, 0.15) is 0 Å². The fraction of sp³-hybridized carbons (Fsp3) is 0.444. The molecule has 0 aliphatic heterocycles. The molecule has 0 spiro atoms. The normalized spacial score (nSPS) is 16.2. The third-order valence-corrected chi connectivity index (χ3v) is 4.95. The second-order valence-corrected chi connectivity index (χ2v) is 6.69. The zero-order chi connectivity index (χ0) is 13.8. The molecular formula is C18H23NS. The molecule has 0 radical (unpaired) electrons. The summed E-state index contributed by atoms with van der Waals surface area (Å²) in [5.74, 6) is 0.636. The third-order valence-electron chi connectivity index (χ3n) is 4.22. The van der Waals surface area contributed by atoms with Crippen LogP contribution in [0.1, 0.15) is 41.9 Å². The Morgan fingerprint density at radius 3 is 2.80 bits per heavy atom. The van der Waals surface area contributed by atoms with Crippen LogP contribution in [-0.4, -0.2) is 12.6 Å². The molecule has 106 valence electrons. The summed E-state index contributed by atoms with van der Waals surface area (Å²) >= 11 is 1.80. The summed E-state index contributed by atoms with van der Waals surface area (Å²) in [5, 5.41) is 8.18. The molecule has 3 rings (SSSR count). The van der Waals surface area contributed by atoms with Gasteiger partial charge in [-0.15, -0.1) is 0 Å². The molecule has 1 atom stereocenters. The first-order valence-corrected chi connectivity index (χ1v) is 8.57. The third kappa shape index (κ3) is 3.71. The van der Waals surface area contributed by atoms with Crippen LogP contribution in [-0.2, 0) is 6.42 Å². The Hall–Kier alpha value is -1.12. The summed E-state index contributed by atoms with van der Waals surface area (Å²) in [5.41, 5.74) is 4.44. The van der Waals surface area contributed by atoms with Gasteiger partial charge in [0.05, 0.1) is 0 Å². The van der Waals surface area contributed by atoms with E-state index in [0.717, 1.165) is 12.6 Å². The van der Waals surface area contributed by atoms with Crippen molar-refractivity contribution in [1.82, 2.24) is 5.32 Å². The lowest BCUT2D eigenvalue weighted by Crippen LogP contribution is -2.24. The van der Waals surface area contributed by atoms with Gasteiger partial charge in [-0.25, -0.2) is 0 Å². The van der Waals surface area contributed by atoms with Crippen molar-refractivity contribution in [3.8, 4) is 0 Å². The van der Waals surface area contributed by atoms with Crippen LogP contribution in [0, 0.1) is 6.92 Å². The predicted molar refractivity (Wildman–Crippen MR) is 87.6 cm³/mol. The highest BCUT2D eigenvalue weighted by atomic mass is 32.1. The first-order valence-electron chi connectivity index (χ1n) is 7.63. The van der Waals surface area contributed by atoms with Crippen LogP contribution < -0.4 is 5.32 Å². The number of aryl methyl sites for hydroxylation is 2. The highest BCUT2D eigenvalue weighted by molar-refractivity contribution is 7.07. The van der Waals surface area contributed by atoms with Gasteiger partial charge < -0.3 is 5.32 Å².